The van der Waals surface area contributed by atoms with Crippen LogP contribution in [-0.4, -0.2) is 15.5 Å². The molecule has 98 valence electrons. The van der Waals surface area contributed by atoms with E-state index in [1.807, 2.05) is 10.8 Å². The number of nitrogens with one attached hydrogen (secondary N) is 1. The normalized spacial score (nSPS) is 14.4. The highest BCUT2D eigenvalue weighted by atomic mass is 19.1. The van der Waals surface area contributed by atoms with E-state index in [0.717, 1.165) is 25.0 Å². The molecular formula is C13H11F2N3O. The first-order valence-electron chi connectivity index (χ1n) is 5.95. The molecule has 0 radical (unpaired) electrons. The van der Waals surface area contributed by atoms with Crippen LogP contribution in [0, 0.1) is 11.9 Å². The molecule has 0 saturated heterocycles. The van der Waals surface area contributed by atoms with E-state index in [2.05, 4.69) is 10.3 Å². The molecule has 2 aromatic heterocycles. The van der Waals surface area contributed by atoms with E-state index in [1.165, 1.54) is 0 Å². The van der Waals surface area contributed by atoms with Crippen molar-refractivity contribution in [3.63, 3.8) is 0 Å². The van der Waals surface area contributed by atoms with Gasteiger partial charge in [0.05, 0.1) is 5.69 Å². The Morgan fingerprint density at radius 2 is 2.11 bits per heavy atom. The predicted octanol–water partition coefficient (Wildman–Crippen LogP) is 2.75. The predicted molar refractivity (Wildman–Crippen MR) is 64.8 cm³/mol. The molecular weight excluding hydrogens is 252 g/mol. The molecule has 0 aliphatic heterocycles. The molecule has 0 bridgehead atoms. The summed E-state index contributed by atoms with van der Waals surface area (Å²) in [6.07, 6.45) is 3.91. The summed E-state index contributed by atoms with van der Waals surface area (Å²) in [6.45, 7) is 0. The molecule has 1 aliphatic rings. The summed E-state index contributed by atoms with van der Waals surface area (Å²) in [6, 6.07) is 5.94. The monoisotopic (exact) mass is 263 g/mol. The lowest BCUT2D eigenvalue weighted by atomic mass is 10.3. The van der Waals surface area contributed by atoms with E-state index in [1.54, 1.807) is 12.1 Å². The molecule has 3 rings (SSSR count). The van der Waals surface area contributed by atoms with Crippen LogP contribution in [0.3, 0.4) is 0 Å². The number of carbonyl (C=O) groups excluding carboxylic acids is 1. The Morgan fingerprint density at radius 3 is 2.79 bits per heavy atom. The Kier molecular flexibility index (Phi) is 2.77. The van der Waals surface area contributed by atoms with Gasteiger partial charge in [0, 0.05) is 12.2 Å². The van der Waals surface area contributed by atoms with Crippen molar-refractivity contribution in [2.45, 2.75) is 18.9 Å². The maximum Gasteiger partial charge on any atom is 0.272 e. The minimum Gasteiger partial charge on any atom is -0.340 e. The molecule has 0 spiro atoms. The average Bonchev–Trinajstić information content (AvgIpc) is 3.10. The first-order valence-corrected chi connectivity index (χ1v) is 5.95. The highest BCUT2D eigenvalue weighted by Crippen LogP contribution is 2.36. The zero-order valence-electron chi connectivity index (χ0n) is 9.94. The van der Waals surface area contributed by atoms with E-state index in [-0.39, 0.29) is 5.69 Å². The van der Waals surface area contributed by atoms with Crippen molar-refractivity contribution < 1.29 is 13.6 Å². The van der Waals surface area contributed by atoms with Gasteiger partial charge >= 0.3 is 0 Å². The summed E-state index contributed by atoms with van der Waals surface area (Å²) in [5.41, 5.74) is 0.334. The molecule has 1 amide bonds. The summed E-state index contributed by atoms with van der Waals surface area (Å²) in [7, 11) is 0. The number of aromatic nitrogens is 2. The van der Waals surface area contributed by atoms with E-state index in [0.29, 0.717) is 11.7 Å². The van der Waals surface area contributed by atoms with Crippen LogP contribution in [0.4, 0.5) is 14.5 Å². The van der Waals surface area contributed by atoms with E-state index in [9.17, 15) is 13.6 Å². The number of amides is 1. The Balaban J connectivity index is 1.82. The fraction of sp³-hybridized carbons (Fsp3) is 0.231. The van der Waals surface area contributed by atoms with Crippen molar-refractivity contribution in [3.8, 4) is 0 Å². The standard InChI is InChI=1S/C13H11F2N3O/c14-11-6-5-9(12(15)17-11)16-13(19)10-2-1-7-18(10)8-3-4-8/h1-2,5-8H,3-4H2,(H,16,19). The van der Waals surface area contributed by atoms with Crippen molar-refractivity contribution >= 4 is 11.6 Å². The topological polar surface area (TPSA) is 46.9 Å². The van der Waals surface area contributed by atoms with Crippen LogP contribution in [0.25, 0.3) is 0 Å². The lowest BCUT2D eigenvalue weighted by molar-refractivity contribution is 0.101. The second-order valence-corrected chi connectivity index (χ2v) is 4.46. The summed E-state index contributed by atoms with van der Waals surface area (Å²) in [5, 5.41) is 2.40. The van der Waals surface area contributed by atoms with Crippen LogP contribution in [0.5, 0.6) is 0 Å². The van der Waals surface area contributed by atoms with Gasteiger partial charge in [-0.05, 0) is 37.1 Å². The van der Waals surface area contributed by atoms with Crippen LogP contribution in [0.15, 0.2) is 30.5 Å². The highest BCUT2D eigenvalue weighted by Gasteiger charge is 2.26. The fourth-order valence-corrected chi connectivity index (χ4v) is 1.95. The third-order valence-corrected chi connectivity index (χ3v) is 3.01. The summed E-state index contributed by atoms with van der Waals surface area (Å²) in [5.74, 6) is -2.38. The minimum atomic E-state index is -1.03. The number of hydrogen-bond donors (Lipinski definition) is 1. The Hall–Kier alpha value is -2.24. The van der Waals surface area contributed by atoms with Gasteiger partial charge in [0.25, 0.3) is 5.91 Å². The first kappa shape index (κ1) is 11.8. The van der Waals surface area contributed by atoms with Crippen LogP contribution < -0.4 is 5.32 Å². The number of carbonyl (C=O) groups is 1. The zero-order valence-corrected chi connectivity index (χ0v) is 9.94. The smallest absolute Gasteiger partial charge is 0.272 e. The highest BCUT2D eigenvalue weighted by molar-refractivity contribution is 6.03. The van der Waals surface area contributed by atoms with Gasteiger partial charge < -0.3 is 9.88 Å². The molecule has 2 aromatic rings. The third kappa shape index (κ3) is 2.33. The molecule has 0 aromatic carbocycles. The van der Waals surface area contributed by atoms with Crippen molar-refractivity contribution in [1.29, 1.82) is 0 Å². The molecule has 1 fully saturated rings. The molecule has 4 nitrogen and oxygen atoms in total. The first-order chi connectivity index (χ1) is 9.15. The molecule has 1 saturated carbocycles. The van der Waals surface area contributed by atoms with Gasteiger partial charge in [0.1, 0.15) is 5.69 Å². The van der Waals surface area contributed by atoms with Crippen molar-refractivity contribution in [2.24, 2.45) is 0 Å². The van der Waals surface area contributed by atoms with Gasteiger partial charge in [-0.3, -0.25) is 4.79 Å². The molecule has 2 heterocycles. The number of rotatable bonds is 3. The second-order valence-electron chi connectivity index (χ2n) is 4.46. The van der Waals surface area contributed by atoms with Crippen LogP contribution in [-0.2, 0) is 0 Å². The summed E-state index contributed by atoms with van der Waals surface area (Å²) < 4.78 is 27.9. The zero-order chi connectivity index (χ0) is 13.4. The lowest BCUT2D eigenvalue weighted by Gasteiger charge is -2.09. The van der Waals surface area contributed by atoms with Gasteiger partial charge in [-0.25, -0.2) is 0 Å². The lowest BCUT2D eigenvalue weighted by Crippen LogP contribution is -2.17. The SMILES string of the molecule is O=C(Nc1ccc(F)nc1F)c1cccn1C1CC1. The molecule has 0 unspecified atom stereocenters. The summed E-state index contributed by atoms with van der Waals surface area (Å²) >= 11 is 0. The van der Waals surface area contributed by atoms with E-state index < -0.39 is 17.8 Å². The number of hydrogen-bond acceptors (Lipinski definition) is 2. The molecule has 1 N–H and O–H groups in total. The molecule has 1 aliphatic carbocycles. The third-order valence-electron chi connectivity index (χ3n) is 3.01. The quantitative estimate of drug-likeness (QED) is 0.865. The van der Waals surface area contributed by atoms with Crippen molar-refractivity contribution in [2.75, 3.05) is 5.32 Å². The Labute approximate surface area is 108 Å². The maximum atomic E-state index is 13.4. The fourth-order valence-electron chi connectivity index (χ4n) is 1.95. The van der Waals surface area contributed by atoms with Gasteiger partial charge in [-0.2, -0.15) is 13.8 Å². The van der Waals surface area contributed by atoms with Crippen molar-refractivity contribution in [3.05, 3.63) is 48.1 Å². The Morgan fingerprint density at radius 1 is 1.32 bits per heavy atom. The minimum absolute atomic E-state index is 0.130. The summed E-state index contributed by atoms with van der Waals surface area (Å²) in [4.78, 5) is 15.1. The van der Waals surface area contributed by atoms with Gasteiger partial charge in [0.2, 0.25) is 11.9 Å². The van der Waals surface area contributed by atoms with Gasteiger partial charge in [0.15, 0.2) is 0 Å². The van der Waals surface area contributed by atoms with Gasteiger partial charge in [-0.1, -0.05) is 0 Å². The number of anilines is 1. The molecule has 19 heavy (non-hydrogen) atoms. The number of nitrogens with zero attached hydrogens (tertiary/aromatic N) is 2. The number of halogens is 2. The molecule has 6 heteroatoms. The molecule has 0 atom stereocenters. The van der Waals surface area contributed by atoms with E-state index >= 15 is 0 Å². The average molecular weight is 263 g/mol. The maximum absolute atomic E-state index is 13.4. The van der Waals surface area contributed by atoms with Crippen LogP contribution >= 0.6 is 0 Å². The van der Waals surface area contributed by atoms with Crippen LogP contribution in [0.1, 0.15) is 29.4 Å². The van der Waals surface area contributed by atoms with E-state index in [4.69, 9.17) is 0 Å². The Bertz CT molecular complexity index is 635. The van der Waals surface area contributed by atoms with Crippen molar-refractivity contribution in [1.82, 2.24) is 9.55 Å². The number of pyridine rings is 1. The largest absolute Gasteiger partial charge is 0.340 e. The second kappa shape index (κ2) is 4.46. The van der Waals surface area contributed by atoms with Gasteiger partial charge in [-0.15, -0.1) is 0 Å². The van der Waals surface area contributed by atoms with Crippen LogP contribution in [0.2, 0.25) is 0 Å².